The van der Waals surface area contributed by atoms with Crippen molar-refractivity contribution in [2.75, 3.05) is 13.7 Å². The quantitative estimate of drug-likeness (QED) is 0.371. The van der Waals surface area contributed by atoms with Gasteiger partial charge >= 0.3 is 0 Å². The standard InChI is InChI=1S/C5H7NO/c1-5(7-3)4-6-2/h1,4H2,3H3. The Hall–Kier alpha value is -0.970. The summed E-state index contributed by atoms with van der Waals surface area (Å²) in [4.78, 5) is 3.03. The van der Waals surface area contributed by atoms with Crippen LogP contribution in [0.4, 0.5) is 0 Å². The van der Waals surface area contributed by atoms with Gasteiger partial charge in [0.15, 0.2) is 5.76 Å². The minimum atomic E-state index is 0.274. The Kier molecular flexibility index (Phi) is 2.78. The fraction of sp³-hybridized carbons (Fsp3) is 0.400. The summed E-state index contributed by atoms with van der Waals surface area (Å²) in [6.07, 6.45) is 0. The second-order valence-corrected chi connectivity index (χ2v) is 1.06. The van der Waals surface area contributed by atoms with Gasteiger partial charge in [0.25, 0.3) is 6.54 Å². The maximum absolute atomic E-state index is 6.32. The Morgan fingerprint density at radius 2 is 2.57 bits per heavy atom. The van der Waals surface area contributed by atoms with E-state index in [2.05, 4.69) is 16.2 Å². The summed E-state index contributed by atoms with van der Waals surface area (Å²) in [7, 11) is 1.51. The molecule has 2 nitrogen and oxygen atoms in total. The zero-order valence-corrected chi connectivity index (χ0v) is 4.27. The van der Waals surface area contributed by atoms with E-state index in [1.807, 2.05) is 0 Å². The molecule has 0 aliphatic carbocycles. The third-order valence-electron chi connectivity index (χ3n) is 0.544. The first-order chi connectivity index (χ1) is 3.31. The largest absolute Gasteiger partial charge is 0.494 e. The van der Waals surface area contributed by atoms with E-state index in [0.29, 0.717) is 5.76 Å². The molecule has 0 aromatic heterocycles. The van der Waals surface area contributed by atoms with Crippen LogP contribution in [0.2, 0.25) is 0 Å². The van der Waals surface area contributed by atoms with Gasteiger partial charge in [-0.1, -0.05) is 6.58 Å². The molecule has 0 N–H and O–H groups in total. The monoisotopic (exact) mass is 97.1 g/mol. The molecule has 7 heavy (non-hydrogen) atoms. The molecule has 0 amide bonds. The van der Waals surface area contributed by atoms with Crippen molar-refractivity contribution in [3.8, 4) is 0 Å². The van der Waals surface area contributed by atoms with Gasteiger partial charge in [-0.25, -0.2) is 6.57 Å². The highest BCUT2D eigenvalue weighted by Crippen LogP contribution is 1.87. The van der Waals surface area contributed by atoms with Crippen molar-refractivity contribution in [3.63, 3.8) is 0 Å². The van der Waals surface area contributed by atoms with Crippen LogP contribution in [0.15, 0.2) is 12.3 Å². The summed E-state index contributed by atoms with van der Waals surface area (Å²) in [5, 5.41) is 0. The van der Waals surface area contributed by atoms with E-state index >= 15 is 0 Å². The first kappa shape index (κ1) is 6.03. The number of hydrogen-bond donors (Lipinski definition) is 0. The summed E-state index contributed by atoms with van der Waals surface area (Å²) in [6.45, 7) is 10.0. The van der Waals surface area contributed by atoms with Crippen LogP contribution in [0, 0.1) is 6.57 Å². The average Bonchev–Trinajstić information content (AvgIpc) is 1.68. The van der Waals surface area contributed by atoms with Gasteiger partial charge in [-0.2, -0.15) is 0 Å². The highest BCUT2D eigenvalue weighted by Gasteiger charge is 1.88. The molecule has 0 saturated carbocycles. The van der Waals surface area contributed by atoms with Crippen molar-refractivity contribution in [2.24, 2.45) is 0 Å². The predicted octanol–water partition coefficient (Wildman–Crippen LogP) is 1.07. The summed E-state index contributed by atoms with van der Waals surface area (Å²) < 4.78 is 4.58. The Bertz CT molecular complexity index is 101. The second-order valence-electron chi connectivity index (χ2n) is 1.06. The minimum Gasteiger partial charge on any atom is -0.494 e. The van der Waals surface area contributed by atoms with Crippen LogP contribution in [0.25, 0.3) is 4.85 Å². The van der Waals surface area contributed by atoms with E-state index < -0.39 is 0 Å². The van der Waals surface area contributed by atoms with Gasteiger partial charge < -0.3 is 9.58 Å². The molecule has 0 heterocycles. The lowest BCUT2D eigenvalue weighted by Crippen LogP contribution is -1.84. The molecular weight excluding hydrogens is 90.1 g/mol. The Balaban J connectivity index is 3.23. The number of ether oxygens (including phenoxy) is 1. The Labute approximate surface area is 43.2 Å². The normalized spacial score (nSPS) is 6.86. The van der Waals surface area contributed by atoms with Crippen LogP contribution in [-0.4, -0.2) is 13.7 Å². The molecule has 0 aromatic rings. The van der Waals surface area contributed by atoms with Crippen LogP contribution in [0.1, 0.15) is 0 Å². The van der Waals surface area contributed by atoms with Gasteiger partial charge in [0.2, 0.25) is 0 Å². The fourth-order valence-electron chi connectivity index (χ4n) is 0.153. The van der Waals surface area contributed by atoms with Crippen LogP contribution < -0.4 is 0 Å². The maximum Gasteiger partial charge on any atom is 0.270 e. The van der Waals surface area contributed by atoms with Crippen molar-refractivity contribution in [1.82, 2.24) is 0 Å². The lowest BCUT2D eigenvalue weighted by molar-refractivity contribution is 0.293. The van der Waals surface area contributed by atoms with Crippen LogP contribution in [0.5, 0.6) is 0 Å². The summed E-state index contributed by atoms with van der Waals surface area (Å²) in [6, 6.07) is 0. The van der Waals surface area contributed by atoms with Crippen molar-refractivity contribution in [3.05, 3.63) is 23.8 Å². The number of rotatable bonds is 2. The molecule has 0 radical (unpaired) electrons. The summed E-state index contributed by atoms with van der Waals surface area (Å²) >= 11 is 0. The van der Waals surface area contributed by atoms with Crippen molar-refractivity contribution in [1.29, 1.82) is 0 Å². The summed E-state index contributed by atoms with van der Waals surface area (Å²) in [5.41, 5.74) is 0. The number of nitrogens with zero attached hydrogens (tertiary/aromatic N) is 1. The van der Waals surface area contributed by atoms with Gasteiger partial charge in [0.1, 0.15) is 0 Å². The van der Waals surface area contributed by atoms with Crippen molar-refractivity contribution in [2.45, 2.75) is 0 Å². The minimum absolute atomic E-state index is 0.274. The molecule has 0 atom stereocenters. The van der Waals surface area contributed by atoms with Gasteiger partial charge in [0, 0.05) is 0 Å². The van der Waals surface area contributed by atoms with Crippen molar-refractivity contribution < 1.29 is 4.74 Å². The lowest BCUT2D eigenvalue weighted by Gasteiger charge is -1.90. The topological polar surface area (TPSA) is 13.6 Å². The van der Waals surface area contributed by atoms with E-state index in [9.17, 15) is 0 Å². The molecular formula is C5H7NO. The Morgan fingerprint density at radius 3 is 2.71 bits per heavy atom. The third kappa shape index (κ3) is 2.84. The molecule has 0 unspecified atom stereocenters. The lowest BCUT2D eigenvalue weighted by atomic mass is 10.6. The molecule has 38 valence electrons. The van der Waals surface area contributed by atoms with E-state index in [-0.39, 0.29) is 6.54 Å². The molecule has 0 rings (SSSR count). The first-order valence-corrected chi connectivity index (χ1v) is 1.86. The van der Waals surface area contributed by atoms with Gasteiger partial charge in [-0.3, -0.25) is 0 Å². The molecule has 0 bridgehead atoms. The predicted molar refractivity (Wildman–Crippen MR) is 27.6 cm³/mol. The molecule has 0 aliphatic rings. The van der Waals surface area contributed by atoms with E-state index in [0.717, 1.165) is 0 Å². The van der Waals surface area contributed by atoms with Crippen LogP contribution in [-0.2, 0) is 4.74 Å². The zero-order valence-electron chi connectivity index (χ0n) is 4.27. The maximum atomic E-state index is 6.32. The molecule has 0 saturated heterocycles. The average molecular weight is 97.1 g/mol. The van der Waals surface area contributed by atoms with E-state index in [4.69, 9.17) is 6.57 Å². The van der Waals surface area contributed by atoms with Crippen LogP contribution >= 0.6 is 0 Å². The van der Waals surface area contributed by atoms with Gasteiger partial charge in [-0.05, 0) is 0 Å². The van der Waals surface area contributed by atoms with E-state index in [1.165, 1.54) is 7.11 Å². The molecule has 0 aliphatic heterocycles. The molecule has 0 spiro atoms. The molecule has 0 fully saturated rings. The Morgan fingerprint density at radius 1 is 2.00 bits per heavy atom. The van der Waals surface area contributed by atoms with E-state index in [1.54, 1.807) is 0 Å². The highest BCUT2D eigenvalue weighted by atomic mass is 16.5. The van der Waals surface area contributed by atoms with Crippen LogP contribution in [0.3, 0.4) is 0 Å². The number of hydrogen-bond acceptors (Lipinski definition) is 1. The van der Waals surface area contributed by atoms with Gasteiger partial charge in [-0.15, -0.1) is 0 Å². The SMILES string of the molecule is [C-]#[N+]CC(=C)OC. The summed E-state index contributed by atoms with van der Waals surface area (Å²) in [5.74, 6) is 0.523. The molecule has 2 heteroatoms. The smallest absolute Gasteiger partial charge is 0.270 e. The van der Waals surface area contributed by atoms with Crippen molar-refractivity contribution >= 4 is 0 Å². The first-order valence-electron chi connectivity index (χ1n) is 1.86. The molecule has 0 aromatic carbocycles. The fourth-order valence-corrected chi connectivity index (χ4v) is 0.153. The zero-order chi connectivity index (χ0) is 5.70. The second kappa shape index (κ2) is 3.23. The third-order valence-corrected chi connectivity index (χ3v) is 0.544. The number of methoxy groups -OCH3 is 1. The van der Waals surface area contributed by atoms with Gasteiger partial charge in [0.05, 0.1) is 7.11 Å². The highest BCUT2D eigenvalue weighted by molar-refractivity contribution is 4.90.